The summed E-state index contributed by atoms with van der Waals surface area (Å²) < 4.78 is 0. The molecule has 0 aromatic heterocycles. The molecule has 1 aliphatic rings. The van der Waals surface area contributed by atoms with Crippen LogP contribution in [0.5, 0.6) is 5.75 Å². The maximum Gasteiger partial charge on any atom is 0.122 e. The Morgan fingerprint density at radius 1 is 1.46 bits per heavy atom. The highest BCUT2D eigenvalue weighted by molar-refractivity contribution is 5.47. The van der Waals surface area contributed by atoms with Gasteiger partial charge in [0.15, 0.2) is 0 Å². The summed E-state index contributed by atoms with van der Waals surface area (Å²) >= 11 is 0. The Balaban J connectivity index is 2.01. The van der Waals surface area contributed by atoms with E-state index in [1.54, 1.807) is 6.07 Å². The fourth-order valence-corrected chi connectivity index (χ4v) is 1.27. The van der Waals surface area contributed by atoms with Gasteiger partial charge in [0.2, 0.25) is 0 Å². The number of nitrogens with one attached hydrogen (secondary N) is 1. The minimum Gasteiger partial charge on any atom is -0.508 e. The Bertz CT molecular complexity index is 308. The molecule has 1 aromatic carbocycles. The van der Waals surface area contributed by atoms with Crippen molar-refractivity contribution in [2.45, 2.75) is 25.4 Å². The van der Waals surface area contributed by atoms with Crippen molar-refractivity contribution in [2.24, 2.45) is 0 Å². The second-order valence-corrected chi connectivity index (χ2v) is 3.54. The fraction of sp³-hybridized carbons (Fsp3) is 0.400. The average molecular weight is 178 g/mol. The van der Waals surface area contributed by atoms with Crippen molar-refractivity contribution in [3.05, 3.63) is 23.8 Å². The summed E-state index contributed by atoms with van der Waals surface area (Å²) in [4.78, 5) is 0. The standard InChI is InChI=1S/C10H14N2O/c11-8-2-1-7(10(13)5-8)6-12-9-3-4-9/h1-2,5,9,12-13H,3-4,6,11H2. The van der Waals surface area contributed by atoms with Crippen LogP contribution in [0.25, 0.3) is 0 Å². The minimum absolute atomic E-state index is 0.285. The SMILES string of the molecule is Nc1ccc(CNC2CC2)c(O)c1. The lowest BCUT2D eigenvalue weighted by Crippen LogP contribution is -2.15. The highest BCUT2D eigenvalue weighted by Crippen LogP contribution is 2.23. The van der Waals surface area contributed by atoms with Gasteiger partial charge in [-0.15, -0.1) is 0 Å². The molecule has 1 fully saturated rings. The van der Waals surface area contributed by atoms with Crippen LogP contribution in [0.3, 0.4) is 0 Å². The fourth-order valence-electron chi connectivity index (χ4n) is 1.27. The normalized spacial score (nSPS) is 16.0. The van der Waals surface area contributed by atoms with Gasteiger partial charge in [-0.25, -0.2) is 0 Å². The molecular weight excluding hydrogens is 164 g/mol. The van der Waals surface area contributed by atoms with Crippen LogP contribution in [0.15, 0.2) is 18.2 Å². The third-order valence-electron chi connectivity index (χ3n) is 2.27. The van der Waals surface area contributed by atoms with Crippen molar-refractivity contribution >= 4 is 5.69 Å². The number of rotatable bonds is 3. The maximum absolute atomic E-state index is 9.50. The summed E-state index contributed by atoms with van der Waals surface area (Å²) in [6.07, 6.45) is 2.52. The quantitative estimate of drug-likeness (QED) is 0.610. The largest absolute Gasteiger partial charge is 0.508 e. The van der Waals surface area contributed by atoms with Crippen molar-refractivity contribution in [3.63, 3.8) is 0 Å². The van der Waals surface area contributed by atoms with E-state index < -0.39 is 0 Å². The molecule has 4 N–H and O–H groups in total. The number of phenols is 1. The number of benzene rings is 1. The van der Waals surface area contributed by atoms with E-state index in [9.17, 15) is 5.11 Å². The Kier molecular flexibility index (Phi) is 2.10. The van der Waals surface area contributed by atoms with Crippen molar-refractivity contribution in [1.29, 1.82) is 0 Å². The third kappa shape index (κ3) is 2.12. The van der Waals surface area contributed by atoms with Crippen molar-refractivity contribution in [2.75, 3.05) is 5.73 Å². The molecule has 13 heavy (non-hydrogen) atoms. The zero-order valence-corrected chi connectivity index (χ0v) is 7.46. The van der Waals surface area contributed by atoms with E-state index in [0.717, 1.165) is 12.1 Å². The first-order valence-electron chi connectivity index (χ1n) is 4.56. The van der Waals surface area contributed by atoms with Crippen molar-refractivity contribution in [3.8, 4) is 5.75 Å². The van der Waals surface area contributed by atoms with Crippen molar-refractivity contribution < 1.29 is 5.11 Å². The number of nitrogens with two attached hydrogens (primary N) is 1. The van der Waals surface area contributed by atoms with Gasteiger partial charge in [0.05, 0.1) is 0 Å². The molecule has 0 bridgehead atoms. The number of phenolic OH excluding ortho intramolecular Hbond substituents is 1. The van der Waals surface area contributed by atoms with Gasteiger partial charge < -0.3 is 16.2 Å². The molecule has 0 amide bonds. The third-order valence-corrected chi connectivity index (χ3v) is 2.27. The van der Waals surface area contributed by atoms with Crippen LogP contribution in [0.1, 0.15) is 18.4 Å². The van der Waals surface area contributed by atoms with E-state index in [0.29, 0.717) is 11.7 Å². The van der Waals surface area contributed by atoms with E-state index in [1.165, 1.54) is 12.8 Å². The Morgan fingerprint density at radius 3 is 2.85 bits per heavy atom. The second kappa shape index (κ2) is 3.26. The topological polar surface area (TPSA) is 58.3 Å². The summed E-state index contributed by atoms with van der Waals surface area (Å²) in [5.41, 5.74) is 7.04. The molecule has 0 heterocycles. The first-order chi connectivity index (χ1) is 6.25. The molecule has 0 atom stereocenters. The number of hydrogen-bond donors (Lipinski definition) is 3. The summed E-state index contributed by atoms with van der Waals surface area (Å²) in [6, 6.07) is 5.92. The molecule has 2 rings (SSSR count). The molecule has 0 unspecified atom stereocenters. The molecule has 3 nitrogen and oxygen atoms in total. The maximum atomic E-state index is 9.50. The predicted molar refractivity (Wildman–Crippen MR) is 52.4 cm³/mol. The van der Waals surface area contributed by atoms with Crippen LogP contribution in [0.2, 0.25) is 0 Å². The molecule has 0 spiro atoms. The minimum atomic E-state index is 0.285. The van der Waals surface area contributed by atoms with Crippen LogP contribution in [-0.4, -0.2) is 11.1 Å². The zero-order valence-electron chi connectivity index (χ0n) is 7.46. The van der Waals surface area contributed by atoms with Gasteiger partial charge in [0, 0.05) is 29.9 Å². The lowest BCUT2D eigenvalue weighted by Gasteiger charge is -2.05. The molecule has 0 radical (unpaired) electrons. The first kappa shape index (κ1) is 8.38. The molecule has 70 valence electrons. The average Bonchev–Trinajstić information content (AvgIpc) is 2.86. The molecular formula is C10H14N2O. The van der Waals surface area contributed by atoms with Gasteiger partial charge in [-0.2, -0.15) is 0 Å². The van der Waals surface area contributed by atoms with E-state index in [-0.39, 0.29) is 5.75 Å². The van der Waals surface area contributed by atoms with Crippen LogP contribution >= 0.6 is 0 Å². The number of hydrogen-bond acceptors (Lipinski definition) is 3. The van der Waals surface area contributed by atoms with Crippen molar-refractivity contribution in [1.82, 2.24) is 5.32 Å². The lowest BCUT2D eigenvalue weighted by atomic mass is 10.2. The van der Waals surface area contributed by atoms with E-state index in [1.807, 2.05) is 12.1 Å². The Hall–Kier alpha value is -1.22. The summed E-state index contributed by atoms with van der Waals surface area (Å²) in [5, 5.41) is 12.8. The zero-order chi connectivity index (χ0) is 9.26. The number of nitrogen functional groups attached to an aromatic ring is 1. The van der Waals surface area contributed by atoms with Gasteiger partial charge in [-0.05, 0) is 18.9 Å². The highest BCUT2D eigenvalue weighted by atomic mass is 16.3. The molecule has 3 heteroatoms. The highest BCUT2D eigenvalue weighted by Gasteiger charge is 2.20. The van der Waals surface area contributed by atoms with Crippen LogP contribution in [-0.2, 0) is 6.54 Å². The molecule has 0 aliphatic heterocycles. The van der Waals surface area contributed by atoms with Gasteiger partial charge in [0.1, 0.15) is 5.75 Å². The van der Waals surface area contributed by atoms with Gasteiger partial charge in [0.25, 0.3) is 0 Å². The molecule has 0 saturated heterocycles. The number of aromatic hydroxyl groups is 1. The first-order valence-corrected chi connectivity index (χ1v) is 4.56. The van der Waals surface area contributed by atoms with Gasteiger partial charge in [-0.1, -0.05) is 6.07 Å². The van der Waals surface area contributed by atoms with Crippen LogP contribution in [0, 0.1) is 0 Å². The van der Waals surface area contributed by atoms with E-state index >= 15 is 0 Å². The van der Waals surface area contributed by atoms with Crippen LogP contribution in [0.4, 0.5) is 5.69 Å². The van der Waals surface area contributed by atoms with Gasteiger partial charge >= 0.3 is 0 Å². The molecule has 1 aromatic rings. The lowest BCUT2D eigenvalue weighted by molar-refractivity contribution is 0.464. The Labute approximate surface area is 77.6 Å². The predicted octanol–water partition coefficient (Wildman–Crippen LogP) is 1.23. The summed E-state index contributed by atoms with van der Waals surface area (Å²) in [7, 11) is 0. The van der Waals surface area contributed by atoms with Gasteiger partial charge in [-0.3, -0.25) is 0 Å². The Morgan fingerprint density at radius 2 is 2.23 bits per heavy atom. The smallest absolute Gasteiger partial charge is 0.122 e. The molecule has 1 aliphatic carbocycles. The number of anilines is 1. The summed E-state index contributed by atoms with van der Waals surface area (Å²) in [6.45, 7) is 0.733. The summed E-state index contributed by atoms with van der Waals surface area (Å²) in [5.74, 6) is 0.285. The molecule has 1 saturated carbocycles. The van der Waals surface area contributed by atoms with E-state index in [2.05, 4.69) is 5.32 Å². The second-order valence-electron chi connectivity index (χ2n) is 3.54. The van der Waals surface area contributed by atoms with E-state index in [4.69, 9.17) is 5.73 Å². The monoisotopic (exact) mass is 178 g/mol. The van der Waals surface area contributed by atoms with Crippen LogP contribution < -0.4 is 11.1 Å².